The van der Waals surface area contributed by atoms with E-state index in [0.29, 0.717) is 12.5 Å². The van der Waals surface area contributed by atoms with Crippen molar-refractivity contribution in [3.05, 3.63) is 35.9 Å². The summed E-state index contributed by atoms with van der Waals surface area (Å²) < 4.78 is 5.34. The second kappa shape index (κ2) is 9.56. The van der Waals surface area contributed by atoms with E-state index in [1.54, 1.807) is 0 Å². The number of benzene rings is 1. The van der Waals surface area contributed by atoms with Crippen LogP contribution in [0.5, 0.6) is 0 Å². The molecule has 1 fully saturated rings. The normalized spacial score (nSPS) is 16.4. The number of amides is 1. The third-order valence-corrected chi connectivity index (χ3v) is 4.17. The Morgan fingerprint density at radius 1 is 1.13 bits per heavy atom. The van der Waals surface area contributed by atoms with E-state index >= 15 is 0 Å². The molecule has 0 unspecified atom stereocenters. The van der Waals surface area contributed by atoms with Crippen molar-refractivity contribution in [3.8, 4) is 0 Å². The van der Waals surface area contributed by atoms with Gasteiger partial charge < -0.3 is 14.5 Å². The molecule has 0 radical (unpaired) electrons. The van der Waals surface area contributed by atoms with Crippen LogP contribution in [0.1, 0.15) is 32.3 Å². The first-order valence-corrected chi connectivity index (χ1v) is 8.83. The van der Waals surface area contributed by atoms with E-state index in [1.807, 2.05) is 4.90 Å². The van der Waals surface area contributed by atoms with Crippen molar-refractivity contribution in [3.63, 3.8) is 0 Å². The third-order valence-electron chi connectivity index (χ3n) is 4.17. The maximum Gasteiger partial charge on any atom is 0.409 e. The number of rotatable bonds is 6. The fourth-order valence-corrected chi connectivity index (χ4v) is 2.86. The van der Waals surface area contributed by atoms with Crippen LogP contribution in [0.2, 0.25) is 0 Å². The zero-order valence-corrected chi connectivity index (χ0v) is 14.5. The zero-order valence-electron chi connectivity index (χ0n) is 14.5. The van der Waals surface area contributed by atoms with Crippen LogP contribution < -0.4 is 0 Å². The molecule has 0 atom stereocenters. The SMILES string of the molecule is CC(C)COC(=O)N1CCCN(CCCc2ccccc2)CC1. The van der Waals surface area contributed by atoms with E-state index in [9.17, 15) is 4.79 Å². The van der Waals surface area contributed by atoms with Gasteiger partial charge in [-0.15, -0.1) is 0 Å². The van der Waals surface area contributed by atoms with Gasteiger partial charge in [0.05, 0.1) is 6.61 Å². The zero-order chi connectivity index (χ0) is 16.5. The van der Waals surface area contributed by atoms with Crippen LogP contribution in [-0.2, 0) is 11.2 Å². The summed E-state index contributed by atoms with van der Waals surface area (Å²) in [6, 6.07) is 10.6. The molecule has 1 aliphatic rings. The standard InChI is InChI=1S/C19H30N2O2/c1-17(2)16-23-19(22)21-13-7-12-20(14-15-21)11-6-10-18-8-4-3-5-9-18/h3-5,8-9,17H,6-7,10-16H2,1-2H3. The van der Waals surface area contributed by atoms with Crippen molar-refractivity contribution in [2.45, 2.75) is 33.1 Å². The number of ether oxygens (including phenoxy) is 1. The summed E-state index contributed by atoms with van der Waals surface area (Å²) in [6.07, 6.45) is 3.17. The highest BCUT2D eigenvalue weighted by atomic mass is 16.6. The summed E-state index contributed by atoms with van der Waals surface area (Å²) in [4.78, 5) is 16.4. The Morgan fingerprint density at radius 3 is 2.65 bits per heavy atom. The molecule has 1 aromatic rings. The van der Waals surface area contributed by atoms with Crippen molar-refractivity contribution in [2.75, 3.05) is 39.3 Å². The van der Waals surface area contributed by atoms with Gasteiger partial charge in [0.25, 0.3) is 0 Å². The molecule has 0 N–H and O–H groups in total. The summed E-state index contributed by atoms with van der Waals surface area (Å²) in [5.41, 5.74) is 1.40. The largest absolute Gasteiger partial charge is 0.449 e. The van der Waals surface area contributed by atoms with Gasteiger partial charge >= 0.3 is 6.09 Å². The molecule has 1 heterocycles. The van der Waals surface area contributed by atoms with Gasteiger partial charge in [0, 0.05) is 19.6 Å². The average Bonchev–Trinajstić information content (AvgIpc) is 2.79. The van der Waals surface area contributed by atoms with Crippen LogP contribution in [0.3, 0.4) is 0 Å². The molecule has 0 saturated carbocycles. The van der Waals surface area contributed by atoms with Crippen LogP contribution in [0, 0.1) is 5.92 Å². The monoisotopic (exact) mass is 318 g/mol. The van der Waals surface area contributed by atoms with Gasteiger partial charge in [0.2, 0.25) is 0 Å². The third kappa shape index (κ3) is 6.61. The first-order chi connectivity index (χ1) is 11.1. The molecule has 128 valence electrons. The van der Waals surface area contributed by atoms with E-state index in [-0.39, 0.29) is 6.09 Å². The fourth-order valence-electron chi connectivity index (χ4n) is 2.86. The molecular weight excluding hydrogens is 288 g/mol. The molecule has 0 bridgehead atoms. The van der Waals surface area contributed by atoms with E-state index in [1.165, 1.54) is 12.0 Å². The summed E-state index contributed by atoms with van der Waals surface area (Å²) in [6.45, 7) is 9.34. The van der Waals surface area contributed by atoms with Gasteiger partial charge in [-0.05, 0) is 43.8 Å². The molecule has 0 spiro atoms. The first kappa shape index (κ1) is 17.8. The topological polar surface area (TPSA) is 32.8 Å². The molecule has 1 aromatic carbocycles. The molecule has 2 rings (SSSR count). The van der Waals surface area contributed by atoms with Gasteiger partial charge in [0.1, 0.15) is 0 Å². The first-order valence-electron chi connectivity index (χ1n) is 8.83. The van der Waals surface area contributed by atoms with Gasteiger partial charge in [-0.25, -0.2) is 4.79 Å². The van der Waals surface area contributed by atoms with Gasteiger partial charge in [-0.1, -0.05) is 44.2 Å². The lowest BCUT2D eigenvalue weighted by Crippen LogP contribution is -2.36. The minimum absolute atomic E-state index is 0.148. The van der Waals surface area contributed by atoms with E-state index < -0.39 is 0 Å². The number of carbonyl (C=O) groups is 1. The summed E-state index contributed by atoms with van der Waals surface area (Å²) >= 11 is 0. The van der Waals surface area contributed by atoms with E-state index in [0.717, 1.165) is 45.6 Å². The maximum atomic E-state index is 12.0. The van der Waals surface area contributed by atoms with Crippen LogP contribution >= 0.6 is 0 Å². The minimum Gasteiger partial charge on any atom is -0.449 e. The van der Waals surface area contributed by atoms with E-state index in [4.69, 9.17) is 4.74 Å². The molecular formula is C19H30N2O2. The predicted octanol–water partition coefficient (Wildman–Crippen LogP) is 3.42. The molecule has 4 nitrogen and oxygen atoms in total. The Kier molecular flexibility index (Phi) is 7.40. The van der Waals surface area contributed by atoms with Crippen molar-refractivity contribution in [1.29, 1.82) is 0 Å². The molecule has 23 heavy (non-hydrogen) atoms. The Balaban J connectivity index is 1.68. The molecule has 1 amide bonds. The Bertz CT molecular complexity index is 462. The Labute approximate surface area is 140 Å². The van der Waals surface area contributed by atoms with Crippen LogP contribution in [-0.4, -0.2) is 55.2 Å². The van der Waals surface area contributed by atoms with Crippen LogP contribution in [0.15, 0.2) is 30.3 Å². The highest BCUT2D eigenvalue weighted by Crippen LogP contribution is 2.08. The number of nitrogens with zero attached hydrogens (tertiary/aromatic N) is 2. The van der Waals surface area contributed by atoms with Crippen molar-refractivity contribution >= 4 is 6.09 Å². The Hall–Kier alpha value is -1.55. The lowest BCUT2D eigenvalue weighted by molar-refractivity contribution is 0.0931. The number of hydrogen-bond acceptors (Lipinski definition) is 3. The van der Waals surface area contributed by atoms with Crippen molar-refractivity contribution in [2.24, 2.45) is 5.92 Å². The van der Waals surface area contributed by atoms with Gasteiger partial charge in [-0.3, -0.25) is 0 Å². The summed E-state index contributed by atoms with van der Waals surface area (Å²) in [5.74, 6) is 0.389. The van der Waals surface area contributed by atoms with Crippen LogP contribution in [0.4, 0.5) is 4.79 Å². The maximum absolute atomic E-state index is 12.0. The Morgan fingerprint density at radius 2 is 1.91 bits per heavy atom. The quantitative estimate of drug-likeness (QED) is 0.806. The second-order valence-corrected chi connectivity index (χ2v) is 6.74. The average molecular weight is 318 g/mol. The number of carbonyl (C=O) groups excluding carboxylic acids is 1. The molecule has 0 aromatic heterocycles. The lowest BCUT2D eigenvalue weighted by atomic mass is 10.1. The molecule has 4 heteroatoms. The van der Waals surface area contributed by atoms with Gasteiger partial charge in [-0.2, -0.15) is 0 Å². The minimum atomic E-state index is -0.148. The number of hydrogen-bond donors (Lipinski definition) is 0. The molecule has 0 aliphatic carbocycles. The van der Waals surface area contributed by atoms with Gasteiger partial charge in [0.15, 0.2) is 0 Å². The smallest absolute Gasteiger partial charge is 0.409 e. The predicted molar refractivity (Wildman–Crippen MR) is 93.6 cm³/mol. The highest BCUT2D eigenvalue weighted by molar-refractivity contribution is 5.67. The van der Waals surface area contributed by atoms with Crippen molar-refractivity contribution in [1.82, 2.24) is 9.80 Å². The lowest BCUT2D eigenvalue weighted by Gasteiger charge is -2.22. The molecule has 1 saturated heterocycles. The number of aryl methyl sites for hydroxylation is 1. The van der Waals surface area contributed by atoms with Crippen LogP contribution in [0.25, 0.3) is 0 Å². The van der Waals surface area contributed by atoms with Crippen molar-refractivity contribution < 1.29 is 9.53 Å². The van der Waals surface area contributed by atoms with E-state index in [2.05, 4.69) is 49.1 Å². The summed E-state index contributed by atoms with van der Waals surface area (Å²) in [7, 11) is 0. The highest BCUT2D eigenvalue weighted by Gasteiger charge is 2.20. The second-order valence-electron chi connectivity index (χ2n) is 6.74. The fraction of sp³-hybridized carbons (Fsp3) is 0.632. The molecule has 1 aliphatic heterocycles. The summed E-state index contributed by atoms with van der Waals surface area (Å²) in [5, 5.41) is 0.